The summed E-state index contributed by atoms with van der Waals surface area (Å²) >= 11 is 5.40. The van der Waals surface area contributed by atoms with E-state index in [-0.39, 0.29) is 18.2 Å². The van der Waals surface area contributed by atoms with E-state index in [1.807, 2.05) is 0 Å². The highest BCUT2D eigenvalue weighted by molar-refractivity contribution is 7.89. The summed E-state index contributed by atoms with van der Waals surface area (Å²) in [4.78, 5) is 11.1. The third-order valence-electron chi connectivity index (χ3n) is 2.09. The van der Waals surface area contributed by atoms with Crippen molar-refractivity contribution in [2.24, 2.45) is 0 Å². The van der Waals surface area contributed by atoms with E-state index in [0.717, 1.165) is 4.31 Å². The Balaban J connectivity index is 2.84. The lowest BCUT2D eigenvalue weighted by Gasteiger charge is -2.19. The number of hydroxylamine groups is 1. The Morgan fingerprint density at radius 1 is 1.56 bits per heavy atom. The fraction of sp³-hybridized carbons (Fsp3) is 0.444. The van der Waals surface area contributed by atoms with Crippen LogP contribution in [0.15, 0.2) is 22.8 Å². The van der Waals surface area contributed by atoms with Crippen molar-refractivity contribution in [3.8, 4) is 0 Å². The van der Waals surface area contributed by atoms with Crippen molar-refractivity contribution in [1.82, 2.24) is 9.79 Å². The number of sulfonamides is 1. The molecule has 0 fully saturated rings. The van der Waals surface area contributed by atoms with Crippen molar-refractivity contribution in [3.63, 3.8) is 0 Å². The Morgan fingerprint density at radius 3 is 2.78 bits per heavy atom. The van der Waals surface area contributed by atoms with E-state index in [2.05, 4.69) is 0 Å². The van der Waals surface area contributed by atoms with Crippen LogP contribution < -0.4 is 5.48 Å². The number of alkyl halides is 1. The Bertz CT molecular complexity index is 473. The standard InChI is InChI=1S/C9H13ClN2O5S/c10-3-5-18(15,16)12(7-9(13)11-14)6-8-2-1-4-17-8/h1-2,4,14H,3,5-7H2,(H,11,13). The zero-order chi connectivity index (χ0) is 13.6. The Labute approximate surface area is 109 Å². The van der Waals surface area contributed by atoms with Crippen molar-refractivity contribution >= 4 is 27.5 Å². The van der Waals surface area contributed by atoms with Gasteiger partial charge in [0.2, 0.25) is 10.0 Å². The molecule has 9 heteroatoms. The van der Waals surface area contributed by atoms with Gasteiger partial charge in [0.25, 0.3) is 5.91 Å². The molecule has 1 rings (SSSR count). The maximum atomic E-state index is 11.8. The maximum absolute atomic E-state index is 11.8. The highest BCUT2D eigenvalue weighted by atomic mass is 35.5. The lowest BCUT2D eigenvalue weighted by atomic mass is 10.4. The van der Waals surface area contributed by atoms with Crippen molar-refractivity contribution in [2.45, 2.75) is 6.54 Å². The molecule has 0 bridgehead atoms. The number of carbonyl (C=O) groups is 1. The molecule has 0 radical (unpaired) electrons. The molecule has 1 aromatic rings. The van der Waals surface area contributed by atoms with Gasteiger partial charge in [-0.15, -0.1) is 11.6 Å². The van der Waals surface area contributed by atoms with E-state index in [1.54, 1.807) is 12.1 Å². The summed E-state index contributed by atoms with van der Waals surface area (Å²) in [5.41, 5.74) is 1.38. The highest BCUT2D eigenvalue weighted by Gasteiger charge is 2.25. The van der Waals surface area contributed by atoms with E-state index in [0.29, 0.717) is 5.76 Å². The number of nitrogens with zero attached hydrogens (tertiary/aromatic N) is 1. The van der Waals surface area contributed by atoms with Crippen LogP contribution in [-0.2, 0) is 21.4 Å². The highest BCUT2D eigenvalue weighted by Crippen LogP contribution is 2.10. The van der Waals surface area contributed by atoms with Crippen molar-refractivity contribution < 1.29 is 22.8 Å². The van der Waals surface area contributed by atoms with Crippen LogP contribution in [0.25, 0.3) is 0 Å². The second kappa shape index (κ2) is 6.74. The molecule has 0 aliphatic heterocycles. The number of hydrogen-bond donors (Lipinski definition) is 2. The van der Waals surface area contributed by atoms with Gasteiger partial charge in [-0.05, 0) is 12.1 Å². The second-order valence-corrected chi connectivity index (χ2v) is 5.85. The van der Waals surface area contributed by atoms with Crippen LogP contribution >= 0.6 is 11.6 Å². The van der Waals surface area contributed by atoms with Gasteiger partial charge in [-0.2, -0.15) is 4.31 Å². The van der Waals surface area contributed by atoms with Gasteiger partial charge in [-0.1, -0.05) is 0 Å². The first-order valence-corrected chi connectivity index (χ1v) is 7.13. The number of carbonyl (C=O) groups excluding carboxylic acids is 1. The minimum absolute atomic E-state index is 0.0856. The number of rotatable bonds is 7. The van der Waals surface area contributed by atoms with E-state index in [1.165, 1.54) is 11.7 Å². The first kappa shape index (κ1) is 15.0. The zero-order valence-corrected chi connectivity index (χ0v) is 10.9. The van der Waals surface area contributed by atoms with E-state index in [9.17, 15) is 13.2 Å². The quantitative estimate of drug-likeness (QED) is 0.424. The van der Waals surface area contributed by atoms with Crippen LogP contribution in [0.1, 0.15) is 5.76 Å². The predicted molar refractivity (Wildman–Crippen MR) is 63.6 cm³/mol. The van der Waals surface area contributed by atoms with Gasteiger partial charge in [-0.25, -0.2) is 13.9 Å². The normalized spacial score (nSPS) is 11.7. The molecule has 102 valence electrons. The van der Waals surface area contributed by atoms with Crippen molar-refractivity contribution in [1.29, 1.82) is 0 Å². The fourth-order valence-corrected chi connectivity index (χ4v) is 2.93. The lowest BCUT2D eigenvalue weighted by Crippen LogP contribution is -2.40. The third-order valence-corrected chi connectivity index (χ3v) is 4.26. The van der Waals surface area contributed by atoms with Gasteiger partial charge >= 0.3 is 0 Å². The van der Waals surface area contributed by atoms with Gasteiger partial charge in [-0.3, -0.25) is 10.0 Å². The Hall–Kier alpha value is -1.09. The summed E-state index contributed by atoms with van der Waals surface area (Å²) in [6.45, 7) is -0.601. The topological polar surface area (TPSA) is 99.9 Å². The van der Waals surface area contributed by atoms with Crippen LogP contribution in [0.4, 0.5) is 0 Å². The molecule has 0 unspecified atom stereocenters. The zero-order valence-electron chi connectivity index (χ0n) is 9.37. The SMILES string of the molecule is O=C(CN(Cc1ccco1)S(=O)(=O)CCCl)NO. The van der Waals surface area contributed by atoms with Crippen molar-refractivity contribution in [3.05, 3.63) is 24.2 Å². The average Bonchev–Trinajstić information content (AvgIpc) is 2.80. The van der Waals surface area contributed by atoms with Crippen LogP contribution in [-0.4, -0.2) is 42.0 Å². The molecule has 1 heterocycles. The maximum Gasteiger partial charge on any atom is 0.258 e. The number of amides is 1. The fourth-order valence-electron chi connectivity index (χ4n) is 1.25. The van der Waals surface area contributed by atoms with Crippen molar-refractivity contribution in [2.75, 3.05) is 18.2 Å². The third kappa shape index (κ3) is 4.30. The molecule has 1 amide bonds. The van der Waals surface area contributed by atoms with Gasteiger partial charge in [0, 0.05) is 5.88 Å². The predicted octanol–water partition coefficient (Wildman–Crippen LogP) is 0.156. The van der Waals surface area contributed by atoms with Gasteiger partial charge < -0.3 is 4.42 Å². The van der Waals surface area contributed by atoms with Crippen LogP contribution in [0.2, 0.25) is 0 Å². The van der Waals surface area contributed by atoms with Gasteiger partial charge in [0.05, 0.1) is 25.1 Å². The first-order chi connectivity index (χ1) is 8.49. The first-order valence-electron chi connectivity index (χ1n) is 4.98. The molecule has 2 N–H and O–H groups in total. The molecular formula is C9H13ClN2O5S. The number of halogens is 1. The molecule has 0 aromatic carbocycles. The molecule has 0 aliphatic rings. The molecule has 0 spiro atoms. The molecule has 18 heavy (non-hydrogen) atoms. The van der Waals surface area contributed by atoms with Gasteiger partial charge in [0.1, 0.15) is 5.76 Å². The molecule has 0 aliphatic carbocycles. The van der Waals surface area contributed by atoms with E-state index < -0.39 is 22.5 Å². The molecule has 7 nitrogen and oxygen atoms in total. The van der Waals surface area contributed by atoms with Crippen LogP contribution in [0.3, 0.4) is 0 Å². The van der Waals surface area contributed by atoms with E-state index >= 15 is 0 Å². The summed E-state index contributed by atoms with van der Waals surface area (Å²) in [5, 5.41) is 8.43. The largest absolute Gasteiger partial charge is 0.468 e. The van der Waals surface area contributed by atoms with E-state index in [4.69, 9.17) is 21.2 Å². The Kier molecular flexibility index (Phi) is 5.60. The summed E-state index contributed by atoms with van der Waals surface area (Å²) < 4.78 is 29.6. The molecule has 0 saturated carbocycles. The molecule has 0 saturated heterocycles. The monoisotopic (exact) mass is 296 g/mol. The number of furan rings is 1. The smallest absolute Gasteiger partial charge is 0.258 e. The Morgan fingerprint density at radius 2 is 2.28 bits per heavy atom. The summed E-state index contributed by atoms with van der Waals surface area (Å²) in [7, 11) is -3.68. The summed E-state index contributed by atoms with van der Waals surface area (Å²) in [6, 6.07) is 3.19. The van der Waals surface area contributed by atoms with Crippen LogP contribution in [0.5, 0.6) is 0 Å². The molecule has 1 aromatic heterocycles. The minimum atomic E-state index is -3.68. The van der Waals surface area contributed by atoms with Crippen LogP contribution in [0, 0.1) is 0 Å². The lowest BCUT2D eigenvalue weighted by molar-refractivity contribution is -0.129. The summed E-state index contributed by atoms with van der Waals surface area (Å²) in [6.07, 6.45) is 1.40. The summed E-state index contributed by atoms with van der Waals surface area (Å²) in [5.74, 6) is -0.829. The second-order valence-electron chi connectivity index (χ2n) is 3.39. The minimum Gasteiger partial charge on any atom is -0.468 e. The number of nitrogens with one attached hydrogen (secondary N) is 1. The van der Waals surface area contributed by atoms with Gasteiger partial charge in [0.15, 0.2) is 0 Å². The molecule has 0 atom stereocenters. The molecular weight excluding hydrogens is 284 g/mol. The average molecular weight is 297 g/mol. The number of hydrogen-bond acceptors (Lipinski definition) is 5.